The van der Waals surface area contributed by atoms with Gasteiger partial charge < -0.3 is 14.4 Å². The van der Waals surface area contributed by atoms with E-state index in [1.165, 1.54) is 66.8 Å². The molecule has 1 aromatic heterocycles. The molecule has 16 aromatic carbocycles. The van der Waals surface area contributed by atoms with Gasteiger partial charge in [0.05, 0.1) is 34.7 Å². The van der Waals surface area contributed by atoms with Crippen molar-refractivity contribution in [2.75, 3.05) is 9.80 Å². The fourth-order valence-electron chi connectivity index (χ4n) is 19.7. The third kappa shape index (κ3) is 11.4. The number of nitrogens with zero attached hydrogens (tertiary/aromatic N) is 3. The van der Waals surface area contributed by atoms with Gasteiger partial charge in [-0.05, 0) is 221 Å². The molecule has 0 unspecified atom stereocenters. The van der Waals surface area contributed by atoms with E-state index in [-0.39, 0.29) is 51.4 Å². The molecule has 4 aliphatic rings. The van der Waals surface area contributed by atoms with Gasteiger partial charge in [0.2, 0.25) is 0 Å². The Morgan fingerprint density at radius 2 is 0.658 bits per heavy atom. The summed E-state index contributed by atoms with van der Waals surface area (Å²) in [4.78, 5) is 5.10. The lowest BCUT2D eigenvalue weighted by Crippen LogP contribution is -2.61. The maximum Gasteiger partial charge on any atom is 0.252 e. The maximum absolute atomic E-state index is 9.80. The molecule has 0 atom stereocenters. The first-order chi connectivity index (χ1) is 58.6. The minimum Gasteiger partial charge on any atom is -0.311 e. The van der Waals surface area contributed by atoms with Crippen LogP contribution in [0, 0.1) is 0 Å². The molecule has 1 spiro atoms. The topological polar surface area (TPSA) is 11.4 Å². The first-order valence-electron chi connectivity index (χ1n) is 43.9. The zero-order valence-corrected chi connectivity index (χ0v) is 68.5. The first-order valence-corrected chi connectivity index (χ1v) is 41.4. The molecule has 0 N–H and O–H groups in total. The number of anilines is 6. The largest absolute Gasteiger partial charge is 0.311 e. The van der Waals surface area contributed by atoms with Crippen LogP contribution in [0.5, 0.6) is 0 Å². The van der Waals surface area contributed by atoms with Gasteiger partial charge in [0.15, 0.2) is 0 Å². The second kappa shape index (κ2) is 26.5. The zero-order valence-electron chi connectivity index (χ0n) is 73.5. The predicted molar refractivity (Wildman–Crippen MR) is 499 cm³/mol. The molecular weight excluding hydrogens is 1410 g/mol. The average Bonchev–Trinajstić information content (AvgIpc) is 1.28. The Hall–Kier alpha value is -13.0. The van der Waals surface area contributed by atoms with E-state index >= 15 is 0 Å². The van der Waals surface area contributed by atoms with E-state index in [0.717, 1.165) is 134 Å². The smallest absolute Gasteiger partial charge is 0.252 e. The minimum absolute atomic E-state index is 0.137. The van der Waals surface area contributed by atoms with E-state index in [0.29, 0.717) is 5.56 Å². The standard InChI is InChI=1S/C113H94BN3/c1-109(2,3)81-59-78(60-82(69-81)110(4,5)6)76-53-57-98-102(66-76)116(100-58-54-74(71-33-17-13-18-34-71)63-92(100)73-37-21-15-22-38-73)104-67-80(79-61-83(111(7,8)9)70-84(62-79)112(10,11)12)68-105-106(104)114(98)99-56-52-75(72-35-19-14-20-36-72)65-103(99)117(105)101-50-32-46-91-90-45-31-44-86(107(90)115(108(91)101)85-39-23-16-24-40-85)77-51-55-97-93(64-77)89-43-27-30-49-96(89)113(97)94-47-28-25-41-87(94)88-42-26-29-48-95(88)113/h13-70H,1-12H3/i14D,19D,20D,35D,36D. The molecule has 3 nitrogen and oxygen atoms in total. The molecule has 2 aliphatic carbocycles. The minimum atomic E-state index is -0.515. The van der Waals surface area contributed by atoms with Crippen LogP contribution in [-0.2, 0) is 27.1 Å². The van der Waals surface area contributed by atoms with Crippen molar-refractivity contribution >= 4 is 79.0 Å². The van der Waals surface area contributed by atoms with Gasteiger partial charge in [-0.3, -0.25) is 0 Å². The van der Waals surface area contributed by atoms with Crippen LogP contribution < -0.4 is 26.2 Å². The lowest BCUT2D eigenvalue weighted by Gasteiger charge is -2.45. The third-order valence-corrected chi connectivity index (χ3v) is 25.6. The fourth-order valence-corrected chi connectivity index (χ4v) is 19.7. The molecular formula is C113H94BN3. The van der Waals surface area contributed by atoms with E-state index in [2.05, 4.69) is 413 Å². The van der Waals surface area contributed by atoms with Crippen LogP contribution >= 0.6 is 0 Å². The van der Waals surface area contributed by atoms with Gasteiger partial charge in [-0.25, -0.2) is 0 Å². The van der Waals surface area contributed by atoms with E-state index in [9.17, 15) is 5.48 Å². The van der Waals surface area contributed by atoms with Crippen molar-refractivity contribution in [2.24, 2.45) is 0 Å². The molecule has 0 saturated carbocycles. The molecule has 3 heterocycles. The van der Waals surface area contributed by atoms with Crippen LogP contribution in [0.3, 0.4) is 0 Å². The number of hydrogen-bond acceptors (Lipinski definition) is 2. The summed E-state index contributed by atoms with van der Waals surface area (Å²) < 4.78 is 49.6. The normalized spacial score (nSPS) is 14.3. The lowest BCUT2D eigenvalue weighted by molar-refractivity contribution is 0.568. The van der Waals surface area contributed by atoms with Gasteiger partial charge in [0, 0.05) is 50.3 Å². The SMILES string of the molecule is [2H]c1c([2H])c([2H])c(-c2ccc3c(c2)N(c2cccc4c5cccc(-c6ccc7c(c6)-c6ccccc6C76c7ccccc7-c7ccccc76)c5n(-c5ccccc5)c24)c2cc(-c4cc(C(C)(C)C)cc(C(C)(C)C)c4)cc4c2B3c2ccc(-c3cc(C(C)(C)C)cc(C(C)(C)C)c3)cc2N4c2ccc(-c3ccccc3)cc2-c2ccccc2)c([2H])c1[2H]. The Labute approximate surface area is 697 Å². The molecule has 0 saturated heterocycles. The van der Waals surface area contributed by atoms with E-state index in [4.69, 9.17) is 1.37 Å². The van der Waals surface area contributed by atoms with Crippen molar-refractivity contribution < 1.29 is 6.85 Å². The summed E-state index contributed by atoms with van der Waals surface area (Å²) in [5, 5.41) is 2.13. The van der Waals surface area contributed by atoms with Crippen LogP contribution in [0.4, 0.5) is 34.1 Å². The van der Waals surface area contributed by atoms with Gasteiger partial charge in [-0.2, -0.15) is 0 Å². The van der Waals surface area contributed by atoms with Crippen molar-refractivity contribution in [3.05, 3.63) is 396 Å². The number of hydrogen-bond donors (Lipinski definition) is 0. The summed E-state index contributed by atoms with van der Waals surface area (Å²) in [6.07, 6.45) is 0. The van der Waals surface area contributed by atoms with Crippen LogP contribution in [-0.4, -0.2) is 11.3 Å². The second-order valence-corrected chi connectivity index (χ2v) is 36.8. The Bertz CT molecular complexity index is 7110. The van der Waals surface area contributed by atoms with E-state index < -0.39 is 18.2 Å². The van der Waals surface area contributed by atoms with Crippen LogP contribution in [0.15, 0.2) is 352 Å². The van der Waals surface area contributed by atoms with Crippen molar-refractivity contribution in [2.45, 2.75) is 110 Å². The molecule has 17 aromatic rings. The Morgan fingerprint density at radius 3 is 1.21 bits per heavy atom. The summed E-state index contributed by atoms with van der Waals surface area (Å²) in [6, 6.07) is 119. The second-order valence-electron chi connectivity index (χ2n) is 36.8. The van der Waals surface area contributed by atoms with Gasteiger partial charge in [0.1, 0.15) is 0 Å². The average molecular weight is 1510 g/mol. The van der Waals surface area contributed by atoms with E-state index in [1.807, 2.05) is 6.07 Å². The van der Waals surface area contributed by atoms with Gasteiger partial charge >= 0.3 is 0 Å². The molecule has 4 heteroatoms. The highest BCUT2D eigenvalue weighted by Gasteiger charge is 2.52. The van der Waals surface area contributed by atoms with Crippen LogP contribution in [0.1, 0.15) is 134 Å². The molecule has 0 radical (unpaired) electrons. The number of aromatic nitrogens is 1. The highest BCUT2D eigenvalue weighted by Crippen LogP contribution is 2.64. The van der Waals surface area contributed by atoms with Crippen molar-refractivity contribution in [1.29, 1.82) is 0 Å². The Balaban J connectivity index is 0.900. The number of benzene rings is 16. The summed E-state index contributed by atoms with van der Waals surface area (Å²) in [5.41, 5.74) is 37.3. The highest BCUT2D eigenvalue weighted by atomic mass is 15.2. The Kier molecular flexibility index (Phi) is 15.0. The molecule has 0 amide bonds. The van der Waals surface area contributed by atoms with Gasteiger partial charge in [-0.15, -0.1) is 0 Å². The molecule has 0 bridgehead atoms. The zero-order chi connectivity index (χ0) is 84.1. The quantitative estimate of drug-likeness (QED) is 0.133. The predicted octanol–water partition coefficient (Wildman–Crippen LogP) is 28.4. The van der Waals surface area contributed by atoms with Crippen molar-refractivity contribution in [3.8, 4) is 94.7 Å². The molecule has 564 valence electrons. The van der Waals surface area contributed by atoms with Crippen molar-refractivity contribution in [1.82, 2.24) is 4.57 Å². The Morgan fingerprint density at radius 1 is 0.256 bits per heavy atom. The monoisotopic (exact) mass is 1510 g/mol. The summed E-state index contributed by atoms with van der Waals surface area (Å²) in [7, 11) is 0. The summed E-state index contributed by atoms with van der Waals surface area (Å²) in [5.74, 6) is 0. The maximum atomic E-state index is 9.80. The third-order valence-electron chi connectivity index (χ3n) is 25.6. The van der Waals surface area contributed by atoms with Crippen LogP contribution in [0.25, 0.3) is 117 Å². The number of fused-ring (bicyclic) bond motifs is 17. The molecule has 2 aliphatic heterocycles. The molecule has 117 heavy (non-hydrogen) atoms. The van der Waals surface area contributed by atoms with Crippen LogP contribution in [0.2, 0.25) is 0 Å². The fraction of sp³-hybridized carbons (Fsp3) is 0.150. The summed E-state index contributed by atoms with van der Waals surface area (Å²) >= 11 is 0. The van der Waals surface area contributed by atoms with E-state index in [1.54, 1.807) is 0 Å². The van der Waals surface area contributed by atoms with Gasteiger partial charge in [0.25, 0.3) is 6.71 Å². The highest BCUT2D eigenvalue weighted by molar-refractivity contribution is 7.00. The number of rotatable bonds is 9. The molecule has 21 rings (SSSR count). The van der Waals surface area contributed by atoms with Gasteiger partial charge in [-0.1, -0.05) is 374 Å². The van der Waals surface area contributed by atoms with Crippen molar-refractivity contribution in [3.63, 3.8) is 0 Å². The number of para-hydroxylation sites is 3. The first kappa shape index (κ1) is 66.3. The lowest BCUT2D eigenvalue weighted by atomic mass is 9.33. The summed E-state index contributed by atoms with van der Waals surface area (Å²) in [6.45, 7) is 27.4. The molecule has 0 fully saturated rings.